The first kappa shape index (κ1) is 13.1. The second-order valence-electron chi connectivity index (χ2n) is 4.24. The van der Waals surface area contributed by atoms with Gasteiger partial charge in [-0.15, -0.1) is 0 Å². The van der Waals surface area contributed by atoms with Gasteiger partial charge in [-0.2, -0.15) is 0 Å². The van der Waals surface area contributed by atoms with E-state index in [1.807, 2.05) is 0 Å². The summed E-state index contributed by atoms with van der Waals surface area (Å²) in [6.07, 6.45) is 0. The Morgan fingerprint density at radius 3 is 2.53 bits per heavy atom. The van der Waals surface area contributed by atoms with Crippen molar-refractivity contribution in [3.8, 4) is 17.0 Å². The smallest absolute Gasteiger partial charge is 0.337 e. The Morgan fingerprint density at radius 1 is 1.37 bits per heavy atom. The molecule has 19 heavy (non-hydrogen) atoms. The third-order valence-corrected chi connectivity index (χ3v) is 3.21. The molecule has 2 aromatic rings. The van der Waals surface area contributed by atoms with E-state index < -0.39 is 11.8 Å². The molecule has 0 fully saturated rings. The predicted octanol–water partition coefficient (Wildman–Crippen LogP) is 2.85. The minimum absolute atomic E-state index is 0.160. The quantitative estimate of drug-likeness (QED) is 0.926. The second-order valence-corrected chi connectivity index (χ2v) is 4.24. The number of methoxy groups -OCH3 is 1. The van der Waals surface area contributed by atoms with Crippen LogP contribution in [0.4, 0.5) is 4.39 Å². The number of aromatic nitrogens is 1. The lowest BCUT2D eigenvalue weighted by Gasteiger charge is -2.07. The molecular formula is C14H14FNO3. The molecule has 0 atom stereocenters. The van der Waals surface area contributed by atoms with Gasteiger partial charge in [0, 0.05) is 24.0 Å². The molecule has 2 rings (SSSR count). The van der Waals surface area contributed by atoms with Crippen LogP contribution in [0.3, 0.4) is 0 Å². The molecule has 1 aromatic carbocycles. The summed E-state index contributed by atoms with van der Waals surface area (Å²) in [7, 11) is 3.15. The number of halogens is 1. The van der Waals surface area contributed by atoms with Crippen molar-refractivity contribution >= 4 is 5.97 Å². The number of benzene rings is 1. The van der Waals surface area contributed by atoms with Crippen LogP contribution in [0, 0.1) is 12.7 Å². The number of hydrogen-bond acceptors (Lipinski definition) is 2. The summed E-state index contributed by atoms with van der Waals surface area (Å²) in [5, 5.41) is 9.08. The zero-order chi connectivity index (χ0) is 14.2. The van der Waals surface area contributed by atoms with Gasteiger partial charge in [0.05, 0.1) is 12.7 Å². The fourth-order valence-corrected chi connectivity index (χ4v) is 2.02. The van der Waals surface area contributed by atoms with Crippen LogP contribution in [0.15, 0.2) is 24.3 Å². The molecule has 0 aliphatic heterocycles. The van der Waals surface area contributed by atoms with Gasteiger partial charge in [-0.3, -0.25) is 0 Å². The highest BCUT2D eigenvalue weighted by Crippen LogP contribution is 2.28. The molecule has 0 unspecified atom stereocenters. The Kier molecular flexibility index (Phi) is 3.29. The highest BCUT2D eigenvalue weighted by atomic mass is 19.1. The zero-order valence-corrected chi connectivity index (χ0v) is 10.9. The lowest BCUT2D eigenvalue weighted by atomic mass is 10.1. The number of carboxylic acids is 1. The van der Waals surface area contributed by atoms with E-state index in [0.29, 0.717) is 17.0 Å². The van der Waals surface area contributed by atoms with Crippen LogP contribution in [0.25, 0.3) is 11.3 Å². The largest absolute Gasteiger partial charge is 0.494 e. The van der Waals surface area contributed by atoms with Gasteiger partial charge >= 0.3 is 5.97 Å². The first-order valence-electron chi connectivity index (χ1n) is 5.69. The summed E-state index contributed by atoms with van der Waals surface area (Å²) in [4.78, 5) is 11.1. The number of aromatic carboxylic acids is 1. The Hall–Kier alpha value is -2.30. The Morgan fingerprint density at radius 2 is 2.05 bits per heavy atom. The van der Waals surface area contributed by atoms with E-state index in [2.05, 4.69) is 0 Å². The lowest BCUT2D eigenvalue weighted by Crippen LogP contribution is -1.99. The van der Waals surface area contributed by atoms with E-state index in [0.717, 1.165) is 0 Å². The maximum Gasteiger partial charge on any atom is 0.337 e. The van der Waals surface area contributed by atoms with Gasteiger partial charge < -0.3 is 14.4 Å². The van der Waals surface area contributed by atoms with Gasteiger partial charge in [-0.1, -0.05) is 0 Å². The van der Waals surface area contributed by atoms with Gasteiger partial charge in [0.25, 0.3) is 0 Å². The molecule has 1 heterocycles. The fourth-order valence-electron chi connectivity index (χ4n) is 2.02. The second kappa shape index (κ2) is 4.76. The third-order valence-electron chi connectivity index (χ3n) is 3.21. The first-order chi connectivity index (χ1) is 8.95. The molecule has 5 heteroatoms. The van der Waals surface area contributed by atoms with E-state index in [4.69, 9.17) is 9.84 Å². The van der Waals surface area contributed by atoms with Crippen molar-refractivity contribution in [2.45, 2.75) is 6.92 Å². The predicted molar refractivity (Wildman–Crippen MR) is 69.1 cm³/mol. The molecule has 0 spiro atoms. The summed E-state index contributed by atoms with van der Waals surface area (Å²) in [6, 6.07) is 6.09. The van der Waals surface area contributed by atoms with Crippen LogP contribution < -0.4 is 4.74 Å². The summed E-state index contributed by atoms with van der Waals surface area (Å²) in [5.74, 6) is -1.31. The number of carbonyl (C=O) groups is 1. The number of ether oxygens (including phenoxy) is 1. The normalized spacial score (nSPS) is 10.5. The van der Waals surface area contributed by atoms with Gasteiger partial charge in [-0.25, -0.2) is 9.18 Å². The SMILES string of the molecule is COc1ccc(-c2cc(C(=O)O)c(C)n2C)cc1F. The summed E-state index contributed by atoms with van der Waals surface area (Å²) in [6.45, 7) is 1.72. The van der Waals surface area contributed by atoms with Crippen LogP contribution >= 0.6 is 0 Å². The van der Waals surface area contributed by atoms with Gasteiger partial charge in [0.2, 0.25) is 0 Å². The standard InChI is InChI=1S/C14H14FNO3/c1-8-10(14(17)18)7-12(16(8)2)9-4-5-13(19-3)11(15)6-9/h4-7H,1-3H3,(H,17,18). The molecule has 0 saturated heterocycles. The molecule has 1 aromatic heterocycles. The van der Waals surface area contributed by atoms with E-state index in [-0.39, 0.29) is 11.3 Å². The highest BCUT2D eigenvalue weighted by molar-refractivity contribution is 5.91. The van der Waals surface area contributed by atoms with Crippen molar-refractivity contribution in [1.29, 1.82) is 0 Å². The monoisotopic (exact) mass is 263 g/mol. The van der Waals surface area contributed by atoms with E-state index >= 15 is 0 Å². The van der Waals surface area contributed by atoms with Crippen LogP contribution in [-0.4, -0.2) is 22.8 Å². The van der Waals surface area contributed by atoms with Gasteiger partial charge in [-0.05, 0) is 31.2 Å². The summed E-state index contributed by atoms with van der Waals surface area (Å²) in [5.41, 5.74) is 2.10. The van der Waals surface area contributed by atoms with Crippen molar-refractivity contribution in [3.63, 3.8) is 0 Å². The molecular weight excluding hydrogens is 249 g/mol. The molecule has 0 aliphatic carbocycles. The van der Waals surface area contributed by atoms with Crippen LogP contribution in [0.5, 0.6) is 5.75 Å². The van der Waals surface area contributed by atoms with Crippen LogP contribution in [-0.2, 0) is 7.05 Å². The van der Waals surface area contributed by atoms with Crippen LogP contribution in [0.1, 0.15) is 16.1 Å². The molecule has 100 valence electrons. The topological polar surface area (TPSA) is 51.5 Å². The average Bonchev–Trinajstić information content (AvgIpc) is 2.66. The number of nitrogens with zero attached hydrogens (tertiary/aromatic N) is 1. The minimum Gasteiger partial charge on any atom is -0.494 e. The first-order valence-corrected chi connectivity index (χ1v) is 5.69. The maximum absolute atomic E-state index is 13.7. The number of rotatable bonds is 3. The molecule has 4 nitrogen and oxygen atoms in total. The minimum atomic E-state index is -0.992. The summed E-state index contributed by atoms with van der Waals surface area (Å²) < 4.78 is 20.3. The highest BCUT2D eigenvalue weighted by Gasteiger charge is 2.16. The third kappa shape index (κ3) is 2.19. The zero-order valence-electron chi connectivity index (χ0n) is 10.9. The molecule has 0 saturated carbocycles. The van der Waals surface area contributed by atoms with Crippen molar-refractivity contribution in [3.05, 3.63) is 41.3 Å². The van der Waals surface area contributed by atoms with Gasteiger partial charge in [0.1, 0.15) is 0 Å². The Bertz CT molecular complexity index is 646. The molecule has 1 N–H and O–H groups in total. The van der Waals surface area contributed by atoms with Crippen molar-refractivity contribution in [2.24, 2.45) is 7.05 Å². The number of hydrogen-bond donors (Lipinski definition) is 1. The average molecular weight is 263 g/mol. The van der Waals surface area contributed by atoms with Crippen molar-refractivity contribution < 1.29 is 19.0 Å². The molecule has 0 amide bonds. The molecule has 0 aliphatic rings. The fraction of sp³-hybridized carbons (Fsp3) is 0.214. The van der Waals surface area contributed by atoms with Crippen molar-refractivity contribution in [2.75, 3.05) is 7.11 Å². The lowest BCUT2D eigenvalue weighted by molar-refractivity contribution is 0.0696. The maximum atomic E-state index is 13.7. The summed E-state index contributed by atoms with van der Waals surface area (Å²) >= 11 is 0. The number of carboxylic acid groups (broad SMARTS) is 1. The van der Waals surface area contributed by atoms with E-state index in [9.17, 15) is 9.18 Å². The Balaban J connectivity index is 2.56. The van der Waals surface area contributed by atoms with E-state index in [1.165, 1.54) is 19.2 Å². The molecule has 0 radical (unpaired) electrons. The van der Waals surface area contributed by atoms with E-state index in [1.54, 1.807) is 30.7 Å². The van der Waals surface area contributed by atoms with Crippen LogP contribution in [0.2, 0.25) is 0 Å². The van der Waals surface area contributed by atoms with Gasteiger partial charge in [0.15, 0.2) is 11.6 Å². The molecule has 0 bridgehead atoms. The van der Waals surface area contributed by atoms with Crippen molar-refractivity contribution in [1.82, 2.24) is 4.57 Å². The Labute approximate surface area is 110 Å².